The van der Waals surface area contributed by atoms with Crippen LogP contribution >= 0.6 is 11.8 Å². The highest BCUT2D eigenvalue weighted by Gasteiger charge is 2.21. The molecule has 1 aliphatic rings. The molecule has 1 aromatic carbocycles. The van der Waals surface area contributed by atoms with E-state index in [4.69, 9.17) is 0 Å². The summed E-state index contributed by atoms with van der Waals surface area (Å²) in [5.74, 6) is 0.230. The van der Waals surface area contributed by atoms with Gasteiger partial charge in [-0.25, -0.2) is 4.98 Å². The topological polar surface area (TPSA) is 98.4 Å². The Bertz CT molecular complexity index is 1030. The van der Waals surface area contributed by atoms with Crippen molar-refractivity contribution in [3.8, 4) is 0 Å². The van der Waals surface area contributed by atoms with Crippen LogP contribution in [0.1, 0.15) is 45.4 Å². The van der Waals surface area contributed by atoms with Crippen LogP contribution in [0.4, 0.5) is 5.69 Å². The van der Waals surface area contributed by atoms with Crippen molar-refractivity contribution >= 4 is 29.3 Å². The lowest BCUT2D eigenvalue weighted by molar-refractivity contribution is -0.128. The molecule has 2 N–H and O–H groups in total. The number of carbonyl (C=O) groups is 2. The van der Waals surface area contributed by atoms with Crippen molar-refractivity contribution in [2.24, 2.45) is 0 Å². The van der Waals surface area contributed by atoms with Gasteiger partial charge in [0, 0.05) is 56.8 Å². The molecule has 2 aromatic rings. The van der Waals surface area contributed by atoms with Crippen LogP contribution in [0.15, 0.2) is 40.3 Å². The summed E-state index contributed by atoms with van der Waals surface area (Å²) in [7, 11) is 0. The van der Waals surface area contributed by atoms with Crippen molar-refractivity contribution in [2.75, 3.05) is 37.2 Å². The molecule has 0 unspecified atom stereocenters. The van der Waals surface area contributed by atoms with Gasteiger partial charge in [0.05, 0.1) is 11.4 Å². The molecule has 2 heterocycles. The van der Waals surface area contributed by atoms with E-state index in [0.717, 1.165) is 44.0 Å². The van der Waals surface area contributed by atoms with Crippen LogP contribution in [0.25, 0.3) is 0 Å². The number of benzene rings is 1. The Balaban J connectivity index is 1.51. The molecule has 2 amide bonds. The Labute approximate surface area is 199 Å². The van der Waals surface area contributed by atoms with Gasteiger partial charge in [-0.15, -0.1) is 0 Å². The average molecular weight is 472 g/mol. The summed E-state index contributed by atoms with van der Waals surface area (Å²) in [4.78, 5) is 47.5. The molecule has 0 radical (unpaired) electrons. The standard InChI is InChI=1S/C24H33N5O3S/c1-17(30)25-19-8-6-18(7-9-19)15-28-10-5-11-29(13-12-28)22(32)16-33-23-26-20(24(2,3)4)14-21(31)27-23/h6-9,14H,5,10-13,15-16H2,1-4H3,(H,25,30)(H,26,27,31). The van der Waals surface area contributed by atoms with Crippen molar-refractivity contribution in [1.82, 2.24) is 19.8 Å². The normalized spacial score (nSPS) is 15.2. The summed E-state index contributed by atoms with van der Waals surface area (Å²) in [6.45, 7) is 11.5. The number of rotatable bonds is 6. The molecular weight excluding hydrogens is 438 g/mol. The minimum Gasteiger partial charge on any atom is -0.341 e. The van der Waals surface area contributed by atoms with Gasteiger partial charge in [0.1, 0.15) is 0 Å². The number of amides is 2. The number of aromatic nitrogens is 2. The summed E-state index contributed by atoms with van der Waals surface area (Å²) >= 11 is 1.28. The maximum atomic E-state index is 12.8. The first kappa shape index (κ1) is 25.0. The van der Waals surface area contributed by atoms with E-state index < -0.39 is 0 Å². The predicted molar refractivity (Wildman–Crippen MR) is 132 cm³/mol. The highest BCUT2D eigenvalue weighted by Crippen LogP contribution is 2.21. The van der Waals surface area contributed by atoms with Gasteiger partial charge in [-0.1, -0.05) is 44.7 Å². The molecule has 1 fully saturated rings. The monoisotopic (exact) mass is 471 g/mol. The van der Waals surface area contributed by atoms with E-state index in [9.17, 15) is 14.4 Å². The Morgan fingerprint density at radius 3 is 2.52 bits per heavy atom. The van der Waals surface area contributed by atoms with Crippen molar-refractivity contribution in [3.63, 3.8) is 0 Å². The Kier molecular flexibility index (Phi) is 8.31. The second-order valence-electron chi connectivity index (χ2n) is 9.36. The second-order valence-corrected chi connectivity index (χ2v) is 10.3. The molecule has 1 aromatic heterocycles. The van der Waals surface area contributed by atoms with E-state index in [0.29, 0.717) is 11.7 Å². The summed E-state index contributed by atoms with van der Waals surface area (Å²) in [6, 6.07) is 9.39. The largest absolute Gasteiger partial charge is 0.341 e. The minimum atomic E-state index is -0.230. The number of hydrogen-bond donors (Lipinski definition) is 2. The van der Waals surface area contributed by atoms with Crippen LogP contribution in [0.3, 0.4) is 0 Å². The van der Waals surface area contributed by atoms with Gasteiger partial charge in [0.2, 0.25) is 11.8 Å². The third kappa shape index (κ3) is 7.71. The molecule has 0 aliphatic carbocycles. The summed E-state index contributed by atoms with van der Waals surface area (Å²) in [5.41, 5.74) is 2.26. The van der Waals surface area contributed by atoms with E-state index >= 15 is 0 Å². The van der Waals surface area contributed by atoms with Crippen LogP contribution in [-0.4, -0.2) is 63.5 Å². The molecule has 8 nitrogen and oxygen atoms in total. The quantitative estimate of drug-likeness (QED) is 0.497. The molecule has 1 aliphatic heterocycles. The summed E-state index contributed by atoms with van der Waals surface area (Å²) < 4.78 is 0. The van der Waals surface area contributed by atoms with E-state index in [-0.39, 0.29) is 28.5 Å². The first-order chi connectivity index (χ1) is 15.6. The Morgan fingerprint density at radius 2 is 1.85 bits per heavy atom. The van der Waals surface area contributed by atoms with Crippen LogP contribution in [0.5, 0.6) is 0 Å². The van der Waals surface area contributed by atoms with Gasteiger partial charge in [-0.2, -0.15) is 0 Å². The van der Waals surface area contributed by atoms with Crippen molar-refractivity contribution in [3.05, 3.63) is 51.9 Å². The number of anilines is 1. The molecule has 33 heavy (non-hydrogen) atoms. The van der Waals surface area contributed by atoms with Crippen LogP contribution in [0, 0.1) is 0 Å². The van der Waals surface area contributed by atoms with Gasteiger partial charge < -0.3 is 15.2 Å². The van der Waals surface area contributed by atoms with Gasteiger partial charge in [0.15, 0.2) is 5.16 Å². The maximum absolute atomic E-state index is 12.8. The van der Waals surface area contributed by atoms with Gasteiger partial charge in [0.25, 0.3) is 5.56 Å². The number of nitrogens with one attached hydrogen (secondary N) is 2. The lowest BCUT2D eigenvalue weighted by Crippen LogP contribution is -2.36. The van der Waals surface area contributed by atoms with Crippen molar-refractivity contribution < 1.29 is 9.59 Å². The zero-order valence-corrected chi connectivity index (χ0v) is 20.6. The van der Waals surface area contributed by atoms with Crippen molar-refractivity contribution in [1.29, 1.82) is 0 Å². The van der Waals surface area contributed by atoms with Gasteiger partial charge in [-0.05, 0) is 24.1 Å². The number of thioether (sulfide) groups is 1. The summed E-state index contributed by atoms with van der Waals surface area (Å²) in [6.07, 6.45) is 0.912. The van der Waals surface area contributed by atoms with Gasteiger partial charge >= 0.3 is 0 Å². The molecule has 9 heteroatoms. The number of H-pyrrole nitrogens is 1. The average Bonchev–Trinajstić information content (AvgIpc) is 2.98. The highest BCUT2D eigenvalue weighted by molar-refractivity contribution is 7.99. The predicted octanol–water partition coefficient (Wildman–Crippen LogP) is 2.85. The SMILES string of the molecule is CC(=O)Nc1ccc(CN2CCCN(C(=O)CSc3nc(C(C)(C)C)cc(=O)[nH]3)CC2)cc1. The Hall–Kier alpha value is -2.65. The molecular formula is C24H33N5O3S. The lowest BCUT2D eigenvalue weighted by Gasteiger charge is -2.22. The number of carbonyl (C=O) groups excluding carboxylic acids is 2. The smallest absolute Gasteiger partial charge is 0.251 e. The van der Waals surface area contributed by atoms with E-state index in [1.807, 2.05) is 49.9 Å². The summed E-state index contributed by atoms with van der Waals surface area (Å²) in [5, 5.41) is 3.26. The van der Waals surface area contributed by atoms with Crippen LogP contribution in [-0.2, 0) is 21.5 Å². The highest BCUT2D eigenvalue weighted by atomic mass is 32.2. The van der Waals surface area contributed by atoms with E-state index in [1.54, 1.807) is 0 Å². The molecule has 0 bridgehead atoms. The van der Waals surface area contributed by atoms with E-state index in [2.05, 4.69) is 20.2 Å². The fourth-order valence-corrected chi connectivity index (χ4v) is 4.42. The number of aromatic amines is 1. The fraction of sp³-hybridized carbons (Fsp3) is 0.500. The molecule has 178 valence electrons. The molecule has 0 atom stereocenters. The number of hydrogen-bond acceptors (Lipinski definition) is 6. The molecule has 3 rings (SSSR count). The Morgan fingerprint density at radius 1 is 1.12 bits per heavy atom. The van der Waals surface area contributed by atoms with E-state index in [1.165, 1.54) is 30.3 Å². The number of nitrogens with zero attached hydrogens (tertiary/aromatic N) is 3. The lowest BCUT2D eigenvalue weighted by atomic mass is 9.92. The molecule has 0 saturated carbocycles. The van der Waals surface area contributed by atoms with Crippen LogP contribution < -0.4 is 10.9 Å². The first-order valence-corrected chi connectivity index (χ1v) is 12.2. The fourth-order valence-electron chi connectivity index (χ4n) is 3.64. The van der Waals surface area contributed by atoms with Crippen LogP contribution in [0.2, 0.25) is 0 Å². The third-order valence-electron chi connectivity index (χ3n) is 5.44. The maximum Gasteiger partial charge on any atom is 0.251 e. The third-order valence-corrected chi connectivity index (χ3v) is 6.30. The van der Waals surface area contributed by atoms with Crippen molar-refractivity contribution in [2.45, 2.75) is 51.2 Å². The zero-order chi connectivity index (χ0) is 24.0. The van der Waals surface area contributed by atoms with Gasteiger partial charge in [-0.3, -0.25) is 19.3 Å². The zero-order valence-electron chi connectivity index (χ0n) is 19.8. The molecule has 0 spiro atoms. The second kappa shape index (κ2) is 11.0. The minimum absolute atomic E-state index is 0.0605. The molecule has 1 saturated heterocycles. The first-order valence-electron chi connectivity index (χ1n) is 11.2.